The Hall–Kier alpha value is -2.01. The Balaban J connectivity index is 2.32. The van der Waals surface area contributed by atoms with Gasteiger partial charge in [-0.05, 0) is 18.2 Å². The number of carbonyl (C=O) groups is 1. The Bertz CT molecular complexity index is 566. The molecule has 1 heterocycles. The fourth-order valence-corrected chi connectivity index (χ4v) is 1.51. The minimum atomic E-state index is -1.09. The van der Waals surface area contributed by atoms with Crippen LogP contribution in [-0.2, 0) is 7.05 Å². The molecule has 0 aliphatic heterocycles. The van der Waals surface area contributed by atoms with Gasteiger partial charge in [-0.1, -0.05) is 17.7 Å². The van der Waals surface area contributed by atoms with E-state index in [0.717, 1.165) is 0 Å². The first-order valence-corrected chi connectivity index (χ1v) is 5.14. The first kappa shape index (κ1) is 11.5. The molecule has 0 unspecified atom stereocenters. The molecule has 1 aromatic heterocycles. The van der Waals surface area contributed by atoms with E-state index in [4.69, 9.17) is 21.4 Å². The van der Waals surface area contributed by atoms with Crippen LogP contribution in [-0.4, -0.2) is 20.9 Å². The highest BCUT2D eigenvalue weighted by molar-refractivity contribution is 6.30. The van der Waals surface area contributed by atoms with Gasteiger partial charge < -0.3 is 9.84 Å². The van der Waals surface area contributed by atoms with Crippen LogP contribution >= 0.6 is 11.6 Å². The molecule has 17 heavy (non-hydrogen) atoms. The van der Waals surface area contributed by atoms with E-state index in [2.05, 4.69) is 5.10 Å². The Morgan fingerprint density at radius 1 is 1.53 bits per heavy atom. The zero-order valence-corrected chi connectivity index (χ0v) is 9.68. The summed E-state index contributed by atoms with van der Waals surface area (Å²) in [6.07, 6.45) is 1.38. The van der Waals surface area contributed by atoms with Crippen molar-refractivity contribution in [2.75, 3.05) is 0 Å². The molecule has 1 N–H and O–H groups in total. The summed E-state index contributed by atoms with van der Waals surface area (Å²) in [6, 6.07) is 6.67. The third-order valence-electron chi connectivity index (χ3n) is 2.04. The highest BCUT2D eigenvalue weighted by atomic mass is 35.5. The van der Waals surface area contributed by atoms with Gasteiger partial charge in [-0.3, -0.25) is 4.68 Å². The Kier molecular flexibility index (Phi) is 3.01. The highest BCUT2D eigenvalue weighted by Crippen LogP contribution is 2.25. The molecule has 0 spiro atoms. The highest BCUT2D eigenvalue weighted by Gasteiger charge is 2.16. The number of aromatic carboxylic acids is 1. The van der Waals surface area contributed by atoms with Crippen LogP contribution in [0.4, 0.5) is 0 Å². The van der Waals surface area contributed by atoms with E-state index in [1.807, 2.05) is 0 Å². The van der Waals surface area contributed by atoms with Crippen molar-refractivity contribution in [3.05, 3.63) is 41.0 Å². The van der Waals surface area contributed by atoms with Gasteiger partial charge in [-0.25, -0.2) is 4.79 Å². The van der Waals surface area contributed by atoms with Crippen molar-refractivity contribution >= 4 is 17.6 Å². The molecule has 0 saturated carbocycles. The van der Waals surface area contributed by atoms with Crippen molar-refractivity contribution in [2.24, 2.45) is 7.05 Å². The number of hydrogen-bond acceptors (Lipinski definition) is 3. The summed E-state index contributed by atoms with van der Waals surface area (Å²) in [5.41, 5.74) is 0.00692. The van der Waals surface area contributed by atoms with Crippen molar-refractivity contribution in [3.63, 3.8) is 0 Å². The lowest BCUT2D eigenvalue weighted by Crippen LogP contribution is -1.97. The van der Waals surface area contributed by atoms with E-state index < -0.39 is 5.97 Å². The molecular formula is C11H9ClN2O3. The molecule has 88 valence electrons. The molecule has 2 aromatic rings. The number of ether oxygens (including phenoxy) is 1. The zero-order valence-electron chi connectivity index (χ0n) is 8.92. The molecule has 0 atom stereocenters. The molecule has 2 rings (SSSR count). The van der Waals surface area contributed by atoms with Gasteiger partial charge >= 0.3 is 5.97 Å². The van der Waals surface area contributed by atoms with Crippen molar-refractivity contribution < 1.29 is 14.6 Å². The summed E-state index contributed by atoms with van der Waals surface area (Å²) in [6.45, 7) is 0. The number of rotatable bonds is 3. The van der Waals surface area contributed by atoms with Gasteiger partial charge in [0.05, 0.1) is 0 Å². The molecule has 0 aliphatic rings. The molecule has 5 nitrogen and oxygen atoms in total. The molecule has 6 heteroatoms. The summed E-state index contributed by atoms with van der Waals surface area (Å²) in [4.78, 5) is 10.9. The van der Waals surface area contributed by atoms with Gasteiger partial charge in [0.25, 0.3) is 5.88 Å². The van der Waals surface area contributed by atoms with Crippen LogP contribution in [0, 0.1) is 0 Å². The van der Waals surface area contributed by atoms with Crippen molar-refractivity contribution in [3.8, 4) is 11.6 Å². The molecular weight excluding hydrogens is 244 g/mol. The van der Waals surface area contributed by atoms with Gasteiger partial charge in [0.2, 0.25) is 0 Å². The Morgan fingerprint density at radius 2 is 2.29 bits per heavy atom. The molecule has 1 aromatic carbocycles. The van der Waals surface area contributed by atoms with E-state index in [9.17, 15) is 4.79 Å². The number of aromatic nitrogens is 2. The molecule has 0 bridgehead atoms. The topological polar surface area (TPSA) is 64.4 Å². The zero-order chi connectivity index (χ0) is 12.4. The molecule has 0 fully saturated rings. The average molecular weight is 253 g/mol. The van der Waals surface area contributed by atoms with Crippen LogP contribution in [0.25, 0.3) is 0 Å². The number of carboxylic acids is 1. The number of carboxylic acid groups (broad SMARTS) is 1. The molecule has 0 amide bonds. The van der Waals surface area contributed by atoms with Gasteiger partial charge in [-0.2, -0.15) is 0 Å². The average Bonchev–Trinajstić information content (AvgIpc) is 2.59. The number of aryl methyl sites for hydroxylation is 1. The second-order valence-electron chi connectivity index (χ2n) is 3.39. The minimum absolute atomic E-state index is 0.00692. The Labute approximate surface area is 102 Å². The van der Waals surface area contributed by atoms with Crippen LogP contribution in [0.1, 0.15) is 10.4 Å². The second kappa shape index (κ2) is 4.47. The SMILES string of the molecule is Cn1cc(C(=O)O)c(Oc2cccc(Cl)c2)n1. The first-order valence-electron chi connectivity index (χ1n) is 4.76. The predicted octanol–water partition coefficient (Wildman–Crippen LogP) is 2.56. The normalized spacial score (nSPS) is 10.2. The smallest absolute Gasteiger partial charge is 0.342 e. The summed E-state index contributed by atoms with van der Waals surface area (Å²) in [7, 11) is 1.62. The molecule has 0 aliphatic carbocycles. The summed E-state index contributed by atoms with van der Waals surface area (Å²) >= 11 is 5.80. The quantitative estimate of drug-likeness (QED) is 0.912. The number of nitrogens with zero attached hydrogens (tertiary/aromatic N) is 2. The predicted molar refractivity (Wildman–Crippen MR) is 61.7 cm³/mol. The van der Waals surface area contributed by atoms with Crippen molar-refractivity contribution in [1.29, 1.82) is 0 Å². The first-order chi connectivity index (χ1) is 8.06. The third-order valence-corrected chi connectivity index (χ3v) is 2.27. The Morgan fingerprint density at radius 3 is 2.94 bits per heavy atom. The minimum Gasteiger partial charge on any atom is -0.477 e. The van der Waals surface area contributed by atoms with E-state index in [1.54, 1.807) is 31.3 Å². The standard InChI is InChI=1S/C11H9ClN2O3/c1-14-6-9(11(15)16)10(13-14)17-8-4-2-3-7(12)5-8/h2-6H,1H3,(H,15,16). The largest absolute Gasteiger partial charge is 0.477 e. The van der Waals surface area contributed by atoms with Crippen LogP contribution in [0.2, 0.25) is 5.02 Å². The van der Waals surface area contributed by atoms with Crippen LogP contribution in [0.3, 0.4) is 0 Å². The van der Waals surface area contributed by atoms with Gasteiger partial charge in [-0.15, -0.1) is 5.10 Å². The lowest BCUT2D eigenvalue weighted by atomic mass is 10.3. The van der Waals surface area contributed by atoms with Gasteiger partial charge in [0.15, 0.2) is 0 Å². The summed E-state index contributed by atoms with van der Waals surface area (Å²) in [5.74, 6) is -0.601. The van der Waals surface area contributed by atoms with Crippen molar-refractivity contribution in [2.45, 2.75) is 0 Å². The number of benzene rings is 1. The lowest BCUT2D eigenvalue weighted by molar-refractivity contribution is 0.0694. The summed E-state index contributed by atoms with van der Waals surface area (Å²) < 4.78 is 6.75. The molecule has 0 radical (unpaired) electrons. The van der Waals surface area contributed by atoms with E-state index >= 15 is 0 Å². The fourth-order valence-electron chi connectivity index (χ4n) is 1.33. The van der Waals surface area contributed by atoms with Crippen LogP contribution < -0.4 is 4.74 Å². The van der Waals surface area contributed by atoms with E-state index in [1.165, 1.54) is 10.9 Å². The number of hydrogen-bond donors (Lipinski definition) is 1. The van der Waals surface area contributed by atoms with E-state index in [0.29, 0.717) is 10.8 Å². The fraction of sp³-hybridized carbons (Fsp3) is 0.0909. The second-order valence-corrected chi connectivity index (χ2v) is 3.82. The van der Waals surface area contributed by atoms with Crippen LogP contribution in [0.15, 0.2) is 30.5 Å². The van der Waals surface area contributed by atoms with Gasteiger partial charge in [0.1, 0.15) is 11.3 Å². The third kappa shape index (κ3) is 2.57. The maximum Gasteiger partial charge on any atom is 0.342 e. The maximum atomic E-state index is 10.9. The van der Waals surface area contributed by atoms with Crippen molar-refractivity contribution in [1.82, 2.24) is 9.78 Å². The lowest BCUT2D eigenvalue weighted by Gasteiger charge is -2.03. The monoisotopic (exact) mass is 252 g/mol. The maximum absolute atomic E-state index is 10.9. The summed E-state index contributed by atoms with van der Waals surface area (Å²) in [5, 5.41) is 13.4. The van der Waals surface area contributed by atoms with Gasteiger partial charge in [0, 0.05) is 18.3 Å². The van der Waals surface area contributed by atoms with Crippen LogP contribution in [0.5, 0.6) is 11.6 Å². The number of halogens is 1. The van der Waals surface area contributed by atoms with E-state index in [-0.39, 0.29) is 11.4 Å². The molecule has 0 saturated heterocycles.